The molecule has 7 heteroatoms. The molecule has 1 heterocycles. The normalized spacial score (nSPS) is 10.1. The van der Waals surface area contributed by atoms with Crippen molar-refractivity contribution in [3.05, 3.63) is 40.4 Å². The number of aromatic nitrogens is 1. The van der Waals surface area contributed by atoms with Gasteiger partial charge < -0.3 is 10.4 Å². The number of anilines is 2. The van der Waals surface area contributed by atoms with Gasteiger partial charge in [-0.3, -0.25) is 10.1 Å². The molecule has 0 aliphatic carbocycles. The van der Waals surface area contributed by atoms with Crippen LogP contribution in [0.5, 0.6) is 0 Å². The average Bonchev–Trinajstić information content (AvgIpc) is 2.72. The molecular weight excluding hydrogens is 278 g/mol. The third-order valence-corrected chi connectivity index (χ3v) is 3.68. The van der Waals surface area contributed by atoms with Crippen LogP contribution in [0.4, 0.5) is 15.6 Å². The molecule has 0 bridgehead atoms. The summed E-state index contributed by atoms with van der Waals surface area (Å²) in [7, 11) is 0. The maximum Gasteiger partial charge on any atom is 0.410 e. The minimum atomic E-state index is -1.20. The largest absolute Gasteiger partial charge is 0.465 e. The summed E-state index contributed by atoms with van der Waals surface area (Å²) in [4.78, 5) is 27.1. The van der Waals surface area contributed by atoms with Gasteiger partial charge in [0.1, 0.15) is 4.88 Å². The number of carbonyl (C=O) groups excluding carboxylic acids is 1. The molecule has 0 aliphatic rings. The number of thiazole rings is 1. The molecule has 0 spiro atoms. The summed E-state index contributed by atoms with van der Waals surface area (Å²) in [5, 5.41) is 13.7. The van der Waals surface area contributed by atoms with Crippen molar-refractivity contribution < 1.29 is 14.7 Å². The fraction of sp³-hybridized carbons (Fsp3) is 0.154. The summed E-state index contributed by atoms with van der Waals surface area (Å²) in [5.41, 5.74) is 2.16. The van der Waals surface area contributed by atoms with Crippen LogP contribution in [0.15, 0.2) is 24.3 Å². The first-order valence-electron chi connectivity index (χ1n) is 5.81. The second kappa shape index (κ2) is 5.70. The standard InChI is InChI=1S/C13H13N3O3S/c1-7-5-3-4-6-9(7)15-11(17)10-8(2)14-12(20-10)16-13(18)19/h3-6H,1-2H3,(H,14,16)(H,15,17)(H,18,19). The number of nitrogens with zero attached hydrogens (tertiary/aromatic N) is 1. The van der Waals surface area contributed by atoms with Crippen LogP contribution in [0.1, 0.15) is 20.9 Å². The summed E-state index contributed by atoms with van der Waals surface area (Å²) < 4.78 is 0. The van der Waals surface area contributed by atoms with Gasteiger partial charge in [-0.15, -0.1) is 0 Å². The molecule has 0 radical (unpaired) electrons. The van der Waals surface area contributed by atoms with Gasteiger partial charge in [0.2, 0.25) is 0 Å². The third kappa shape index (κ3) is 3.12. The average molecular weight is 291 g/mol. The van der Waals surface area contributed by atoms with Crippen molar-refractivity contribution in [2.75, 3.05) is 10.6 Å². The molecule has 2 aromatic rings. The van der Waals surface area contributed by atoms with Crippen molar-refractivity contribution >= 4 is 34.2 Å². The third-order valence-electron chi connectivity index (χ3n) is 2.61. The predicted molar refractivity (Wildman–Crippen MR) is 77.6 cm³/mol. The zero-order valence-corrected chi connectivity index (χ0v) is 11.7. The number of amides is 2. The van der Waals surface area contributed by atoms with Gasteiger partial charge in [0.25, 0.3) is 5.91 Å². The highest BCUT2D eigenvalue weighted by atomic mass is 32.1. The van der Waals surface area contributed by atoms with Crippen molar-refractivity contribution in [2.24, 2.45) is 0 Å². The summed E-state index contributed by atoms with van der Waals surface area (Å²) in [6, 6.07) is 7.42. The molecule has 0 saturated heterocycles. The van der Waals surface area contributed by atoms with E-state index in [4.69, 9.17) is 5.11 Å². The van der Waals surface area contributed by atoms with Crippen molar-refractivity contribution in [2.45, 2.75) is 13.8 Å². The first-order valence-corrected chi connectivity index (χ1v) is 6.63. The van der Waals surface area contributed by atoms with Crippen molar-refractivity contribution in [1.82, 2.24) is 4.98 Å². The lowest BCUT2D eigenvalue weighted by Gasteiger charge is -2.06. The number of para-hydroxylation sites is 1. The molecule has 0 saturated carbocycles. The monoisotopic (exact) mass is 291 g/mol. The highest BCUT2D eigenvalue weighted by Crippen LogP contribution is 2.24. The maximum atomic E-state index is 12.2. The first-order chi connectivity index (χ1) is 9.47. The number of carbonyl (C=O) groups is 2. The zero-order valence-electron chi connectivity index (χ0n) is 10.9. The molecule has 0 aliphatic heterocycles. The van der Waals surface area contributed by atoms with E-state index in [-0.39, 0.29) is 11.0 Å². The highest BCUT2D eigenvalue weighted by Gasteiger charge is 2.16. The van der Waals surface area contributed by atoms with Gasteiger partial charge in [-0.1, -0.05) is 29.5 Å². The lowest BCUT2D eigenvalue weighted by Crippen LogP contribution is -2.12. The number of rotatable bonds is 3. The van der Waals surface area contributed by atoms with E-state index in [2.05, 4.69) is 15.6 Å². The number of aryl methyl sites for hydroxylation is 2. The van der Waals surface area contributed by atoms with Gasteiger partial charge in [-0.2, -0.15) is 0 Å². The van der Waals surface area contributed by atoms with Crippen LogP contribution < -0.4 is 10.6 Å². The Morgan fingerprint density at radius 1 is 1.20 bits per heavy atom. The minimum absolute atomic E-state index is 0.185. The van der Waals surface area contributed by atoms with E-state index in [1.165, 1.54) is 0 Å². The number of hydrogen-bond donors (Lipinski definition) is 3. The van der Waals surface area contributed by atoms with Gasteiger partial charge in [-0.25, -0.2) is 9.78 Å². The van der Waals surface area contributed by atoms with Gasteiger partial charge in [0.05, 0.1) is 5.69 Å². The molecule has 0 atom stereocenters. The minimum Gasteiger partial charge on any atom is -0.465 e. The van der Waals surface area contributed by atoms with E-state index in [0.717, 1.165) is 22.6 Å². The van der Waals surface area contributed by atoms with Crippen molar-refractivity contribution in [3.63, 3.8) is 0 Å². The number of hydrogen-bond acceptors (Lipinski definition) is 4. The smallest absolute Gasteiger partial charge is 0.410 e. The van der Waals surface area contributed by atoms with E-state index in [0.29, 0.717) is 10.6 Å². The van der Waals surface area contributed by atoms with Crippen LogP contribution in [-0.4, -0.2) is 22.1 Å². The van der Waals surface area contributed by atoms with Crippen LogP contribution in [0.25, 0.3) is 0 Å². The van der Waals surface area contributed by atoms with Crippen LogP contribution >= 0.6 is 11.3 Å². The second-order valence-corrected chi connectivity index (χ2v) is 5.13. The fourth-order valence-electron chi connectivity index (χ4n) is 1.64. The topological polar surface area (TPSA) is 91.3 Å². The van der Waals surface area contributed by atoms with Crippen molar-refractivity contribution in [1.29, 1.82) is 0 Å². The highest BCUT2D eigenvalue weighted by molar-refractivity contribution is 7.17. The zero-order chi connectivity index (χ0) is 14.7. The van der Waals surface area contributed by atoms with Crippen LogP contribution in [0, 0.1) is 13.8 Å². The molecule has 20 heavy (non-hydrogen) atoms. The van der Waals surface area contributed by atoms with Gasteiger partial charge in [0.15, 0.2) is 5.13 Å². The van der Waals surface area contributed by atoms with Crippen LogP contribution in [0.3, 0.4) is 0 Å². The summed E-state index contributed by atoms with van der Waals surface area (Å²) in [6.07, 6.45) is -1.20. The predicted octanol–water partition coefficient (Wildman–Crippen LogP) is 3.10. The molecule has 104 valence electrons. The van der Waals surface area contributed by atoms with Crippen LogP contribution in [0.2, 0.25) is 0 Å². The number of nitrogens with one attached hydrogen (secondary N) is 2. The first kappa shape index (κ1) is 14.0. The Hall–Kier alpha value is -2.41. The quantitative estimate of drug-likeness (QED) is 0.810. The summed E-state index contributed by atoms with van der Waals surface area (Å²) in [6.45, 7) is 3.56. The lowest BCUT2D eigenvalue weighted by molar-refractivity contribution is 0.102. The number of benzene rings is 1. The SMILES string of the molecule is Cc1ccccc1NC(=O)c1sc(NC(=O)O)nc1C. The Kier molecular flexibility index (Phi) is 3.99. The molecule has 6 nitrogen and oxygen atoms in total. The molecule has 3 N–H and O–H groups in total. The van der Waals surface area contributed by atoms with Gasteiger partial charge in [0, 0.05) is 5.69 Å². The molecule has 1 aromatic carbocycles. The molecular formula is C13H13N3O3S. The molecule has 0 unspecified atom stereocenters. The van der Waals surface area contributed by atoms with Gasteiger partial charge in [-0.05, 0) is 25.5 Å². The van der Waals surface area contributed by atoms with E-state index in [1.807, 2.05) is 25.1 Å². The Morgan fingerprint density at radius 2 is 1.90 bits per heavy atom. The Labute approximate surface area is 119 Å². The Morgan fingerprint density at radius 3 is 2.55 bits per heavy atom. The van der Waals surface area contributed by atoms with E-state index < -0.39 is 6.09 Å². The summed E-state index contributed by atoms with van der Waals surface area (Å²) in [5.74, 6) is -0.298. The molecule has 2 amide bonds. The molecule has 0 fully saturated rings. The summed E-state index contributed by atoms with van der Waals surface area (Å²) >= 11 is 1.01. The second-order valence-electron chi connectivity index (χ2n) is 4.13. The molecule has 2 rings (SSSR count). The van der Waals surface area contributed by atoms with E-state index in [1.54, 1.807) is 13.0 Å². The maximum absolute atomic E-state index is 12.2. The van der Waals surface area contributed by atoms with Crippen LogP contribution in [-0.2, 0) is 0 Å². The van der Waals surface area contributed by atoms with Crippen molar-refractivity contribution in [3.8, 4) is 0 Å². The Bertz CT molecular complexity index is 667. The van der Waals surface area contributed by atoms with E-state index in [9.17, 15) is 9.59 Å². The Balaban J connectivity index is 2.19. The van der Waals surface area contributed by atoms with E-state index >= 15 is 0 Å². The lowest BCUT2D eigenvalue weighted by atomic mass is 10.2. The molecule has 1 aromatic heterocycles. The fourth-order valence-corrected chi connectivity index (χ4v) is 2.50. The number of carboxylic acid groups (broad SMARTS) is 1. The van der Waals surface area contributed by atoms with Gasteiger partial charge >= 0.3 is 6.09 Å².